The van der Waals surface area contributed by atoms with Gasteiger partial charge in [-0.1, -0.05) is 33.8 Å². The van der Waals surface area contributed by atoms with Crippen molar-refractivity contribution in [1.82, 2.24) is 4.98 Å². The van der Waals surface area contributed by atoms with Gasteiger partial charge < -0.3 is 20.1 Å². The Morgan fingerprint density at radius 3 is 2.49 bits per heavy atom. The van der Waals surface area contributed by atoms with E-state index in [0.29, 0.717) is 22.7 Å². The van der Waals surface area contributed by atoms with Gasteiger partial charge in [0.05, 0.1) is 36.3 Å². The van der Waals surface area contributed by atoms with Crippen molar-refractivity contribution in [1.29, 1.82) is 0 Å². The second kappa shape index (κ2) is 12.2. The number of ketones is 1. The van der Waals surface area contributed by atoms with Crippen LogP contribution >= 0.6 is 11.3 Å². The number of aromatic nitrogens is 1. The van der Waals surface area contributed by atoms with Gasteiger partial charge in [0.15, 0.2) is 0 Å². The molecule has 11 heteroatoms. The zero-order valence-electron chi connectivity index (χ0n) is 22.9. The summed E-state index contributed by atoms with van der Waals surface area (Å²) in [6, 6.07) is 0. The van der Waals surface area contributed by atoms with E-state index in [-0.39, 0.29) is 31.3 Å². The van der Waals surface area contributed by atoms with E-state index in [1.807, 2.05) is 0 Å². The topological polar surface area (TPSA) is 117 Å². The number of halogens is 3. The number of aliphatic hydroxyl groups excluding tert-OH is 3. The standard InChI is InChI=1S/C28H38F3NO6S/c1-14(8-19-13-39-23(12-33)32-19)21-7-6-18(28(29,30)31)9-17-10-20(17)15(2)25(36)16(3)26(37)27(4,5)22(34)11-24(35)38-21/h6,8,13,15-17,20-22,25,33-34,36H,7,9-12H2,1-5H3/t15-,16+,17?,20?,21-,22-,25-/m0/s1. The number of allylic oxidation sites excluding steroid dienone is 1. The molecule has 0 radical (unpaired) electrons. The third kappa shape index (κ3) is 7.56. The van der Waals surface area contributed by atoms with Crippen LogP contribution in [0, 0.1) is 29.1 Å². The summed E-state index contributed by atoms with van der Waals surface area (Å²) < 4.78 is 47.5. The lowest BCUT2D eigenvalue weighted by Gasteiger charge is -2.34. The minimum atomic E-state index is -4.58. The average molecular weight is 574 g/mol. The number of carbonyl (C=O) groups excluding carboxylic acids is 2. The molecule has 1 aliphatic carbocycles. The van der Waals surface area contributed by atoms with E-state index < -0.39 is 65.5 Å². The Bertz CT molecular complexity index is 1110. The molecule has 218 valence electrons. The van der Waals surface area contributed by atoms with E-state index in [0.717, 1.165) is 6.08 Å². The van der Waals surface area contributed by atoms with Crippen LogP contribution in [0.5, 0.6) is 0 Å². The summed E-state index contributed by atoms with van der Waals surface area (Å²) in [5.74, 6) is -3.05. The summed E-state index contributed by atoms with van der Waals surface area (Å²) in [4.78, 5) is 30.4. The zero-order chi connectivity index (χ0) is 29.3. The Balaban J connectivity index is 1.98. The predicted molar refractivity (Wildman–Crippen MR) is 140 cm³/mol. The molecule has 1 aromatic heterocycles. The van der Waals surface area contributed by atoms with Crippen molar-refractivity contribution >= 4 is 29.2 Å². The summed E-state index contributed by atoms with van der Waals surface area (Å²) in [7, 11) is 0. The number of thiazole rings is 1. The Labute approximate surface area is 230 Å². The Hall–Kier alpha value is -2.08. The molecule has 1 saturated carbocycles. The highest BCUT2D eigenvalue weighted by Crippen LogP contribution is 2.51. The first-order valence-corrected chi connectivity index (χ1v) is 14.0. The van der Waals surface area contributed by atoms with Gasteiger partial charge in [0.1, 0.15) is 16.9 Å². The molecule has 0 saturated heterocycles. The first-order valence-electron chi connectivity index (χ1n) is 13.2. The van der Waals surface area contributed by atoms with Crippen molar-refractivity contribution in [3.63, 3.8) is 0 Å². The largest absolute Gasteiger partial charge is 0.457 e. The molecule has 0 spiro atoms. The Morgan fingerprint density at radius 1 is 1.23 bits per heavy atom. The van der Waals surface area contributed by atoms with Gasteiger partial charge in [0, 0.05) is 23.3 Å². The van der Waals surface area contributed by atoms with Gasteiger partial charge in [0.25, 0.3) is 0 Å². The molecule has 0 amide bonds. The van der Waals surface area contributed by atoms with Crippen molar-refractivity contribution in [3.8, 4) is 0 Å². The van der Waals surface area contributed by atoms with E-state index in [4.69, 9.17) is 4.74 Å². The number of carbonyl (C=O) groups is 2. The quantitative estimate of drug-likeness (QED) is 0.350. The van der Waals surface area contributed by atoms with E-state index in [1.165, 1.54) is 25.2 Å². The number of fused-ring (bicyclic) bond motifs is 1. The maximum absolute atomic E-state index is 14.0. The van der Waals surface area contributed by atoms with Crippen molar-refractivity contribution in [3.05, 3.63) is 33.3 Å². The third-order valence-electron chi connectivity index (χ3n) is 8.23. The molecule has 3 rings (SSSR count). The smallest absolute Gasteiger partial charge is 0.412 e. The van der Waals surface area contributed by atoms with Crippen LogP contribution in [0.2, 0.25) is 0 Å². The van der Waals surface area contributed by atoms with Crippen molar-refractivity contribution in [2.45, 2.75) is 91.4 Å². The molecule has 1 fully saturated rings. The fourth-order valence-corrected chi connectivity index (χ4v) is 5.96. The zero-order valence-corrected chi connectivity index (χ0v) is 23.7. The number of hydrogen-bond acceptors (Lipinski definition) is 8. The van der Waals surface area contributed by atoms with Gasteiger partial charge in [-0.15, -0.1) is 11.3 Å². The van der Waals surface area contributed by atoms with Gasteiger partial charge in [-0.25, -0.2) is 4.98 Å². The van der Waals surface area contributed by atoms with Gasteiger partial charge in [-0.3, -0.25) is 9.59 Å². The van der Waals surface area contributed by atoms with E-state index in [1.54, 1.807) is 32.2 Å². The normalized spacial score (nSPS) is 33.3. The molecular weight excluding hydrogens is 535 g/mol. The molecule has 0 aromatic carbocycles. The minimum Gasteiger partial charge on any atom is -0.457 e. The lowest BCUT2D eigenvalue weighted by atomic mass is 9.72. The van der Waals surface area contributed by atoms with Crippen LogP contribution in [0.25, 0.3) is 6.08 Å². The summed E-state index contributed by atoms with van der Waals surface area (Å²) in [6.07, 6.45) is -6.04. The molecule has 3 N–H and O–H groups in total. The van der Waals surface area contributed by atoms with E-state index in [2.05, 4.69) is 4.98 Å². The first-order chi connectivity index (χ1) is 18.1. The molecule has 2 heterocycles. The Kier molecular flexibility index (Phi) is 9.84. The maximum Gasteiger partial charge on any atom is 0.412 e. The van der Waals surface area contributed by atoms with Crippen LogP contribution in [0.4, 0.5) is 13.2 Å². The minimum absolute atomic E-state index is 0.164. The van der Waals surface area contributed by atoms with Crippen LogP contribution in [-0.4, -0.2) is 56.5 Å². The predicted octanol–water partition coefficient (Wildman–Crippen LogP) is 4.85. The number of alkyl halides is 3. The number of nitrogens with zero attached hydrogens (tertiary/aromatic N) is 1. The van der Waals surface area contributed by atoms with Gasteiger partial charge >= 0.3 is 12.1 Å². The van der Waals surface area contributed by atoms with Crippen LogP contribution in [0.1, 0.15) is 71.0 Å². The summed E-state index contributed by atoms with van der Waals surface area (Å²) in [5, 5.41) is 33.2. The molecule has 0 bridgehead atoms. The SMILES string of the molecule is CC(=Cc1csc(CO)n1)[C@@H]1CC=C(C(F)(F)F)CC2CC2[C@H](C)[C@H](O)[C@@H](C)C(=O)C(C)(C)[C@@H](O)CC(=O)O1. The molecular formula is C28H38F3NO6S. The van der Waals surface area contributed by atoms with Gasteiger partial charge in [-0.2, -0.15) is 13.2 Å². The van der Waals surface area contributed by atoms with Crippen molar-refractivity contribution in [2.24, 2.45) is 29.1 Å². The fourth-order valence-electron chi connectivity index (χ4n) is 5.35. The maximum atomic E-state index is 14.0. The number of Topliss-reactive ketones (excluding diaryl/α,β-unsaturated/α-hetero) is 1. The number of cyclic esters (lactones) is 1. The number of rotatable bonds is 3. The summed E-state index contributed by atoms with van der Waals surface area (Å²) in [5.41, 5.74) is -1.18. The van der Waals surface area contributed by atoms with Crippen LogP contribution in [0.3, 0.4) is 0 Å². The highest BCUT2D eigenvalue weighted by Gasteiger charge is 2.49. The van der Waals surface area contributed by atoms with Crippen LogP contribution < -0.4 is 0 Å². The molecule has 1 aliphatic heterocycles. The summed E-state index contributed by atoms with van der Waals surface area (Å²) >= 11 is 1.22. The number of aliphatic hydroxyl groups is 3. The molecule has 39 heavy (non-hydrogen) atoms. The second-order valence-electron chi connectivity index (χ2n) is 11.5. The number of hydrogen-bond donors (Lipinski definition) is 3. The number of ether oxygens (including phenoxy) is 1. The molecule has 2 aliphatic rings. The lowest BCUT2D eigenvalue weighted by molar-refractivity contribution is -0.154. The molecule has 1 aromatic rings. The lowest BCUT2D eigenvalue weighted by Crippen LogP contribution is -2.46. The Morgan fingerprint density at radius 2 is 1.90 bits per heavy atom. The second-order valence-corrected chi connectivity index (χ2v) is 12.4. The molecule has 7 nitrogen and oxygen atoms in total. The van der Waals surface area contributed by atoms with E-state index in [9.17, 15) is 38.1 Å². The first kappa shape index (κ1) is 31.4. The monoisotopic (exact) mass is 573 g/mol. The van der Waals surface area contributed by atoms with Crippen LogP contribution in [0.15, 0.2) is 22.6 Å². The average Bonchev–Trinajstić information content (AvgIpc) is 3.49. The van der Waals surface area contributed by atoms with E-state index >= 15 is 0 Å². The van der Waals surface area contributed by atoms with Crippen molar-refractivity contribution in [2.75, 3.05) is 0 Å². The van der Waals surface area contributed by atoms with Crippen LogP contribution in [-0.2, 0) is 20.9 Å². The molecule has 7 atom stereocenters. The van der Waals surface area contributed by atoms with Gasteiger partial charge in [0.2, 0.25) is 0 Å². The third-order valence-corrected chi connectivity index (χ3v) is 9.08. The van der Waals surface area contributed by atoms with Crippen molar-refractivity contribution < 1.29 is 42.8 Å². The number of esters is 1. The molecule has 2 unspecified atom stereocenters. The highest BCUT2D eigenvalue weighted by atomic mass is 32.1. The van der Waals surface area contributed by atoms with Gasteiger partial charge in [-0.05, 0) is 49.2 Å². The summed E-state index contributed by atoms with van der Waals surface area (Å²) in [6.45, 7) is 7.66. The highest BCUT2D eigenvalue weighted by molar-refractivity contribution is 7.09. The fraction of sp³-hybridized carbons (Fsp3) is 0.679.